The Bertz CT molecular complexity index is 253. The fourth-order valence-electron chi connectivity index (χ4n) is 0.714. The van der Waals surface area contributed by atoms with Crippen molar-refractivity contribution in [3.05, 3.63) is 5.89 Å². The molecule has 13 heavy (non-hydrogen) atoms. The minimum absolute atomic E-state index is 0.00347. The molecule has 7 heteroatoms. The molecule has 0 amide bonds. The van der Waals surface area contributed by atoms with Crippen molar-refractivity contribution in [1.82, 2.24) is 10.2 Å². The second-order valence-electron chi connectivity index (χ2n) is 2.31. The Kier molecular flexibility index (Phi) is 3.56. The van der Waals surface area contributed by atoms with E-state index in [1.807, 2.05) is 0 Å². The number of hydrogen-bond acceptors (Lipinski definition) is 5. The third-order valence-electron chi connectivity index (χ3n) is 1.23. The summed E-state index contributed by atoms with van der Waals surface area (Å²) in [5.74, 6) is 0.347. The molecule has 3 N–H and O–H groups in total. The van der Waals surface area contributed by atoms with E-state index in [1.165, 1.54) is 0 Å². The van der Waals surface area contributed by atoms with Gasteiger partial charge < -0.3 is 15.5 Å². The lowest BCUT2D eigenvalue weighted by Gasteiger charge is -1.97. The minimum atomic E-state index is -2.44. The topological polar surface area (TPSA) is 77.0 Å². The van der Waals surface area contributed by atoms with Gasteiger partial charge in [0.1, 0.15) is 0 Å². The highest BCUT2D eigenvalue weighted by atomic mass is 19.3. The number of nitrogens with zero attached hydrogens (tertiary/aromatic N) is 2. The first kappa shape index (κ1) is 9.85. The van der Waals surface area contributed by atoms with Gasteiger partial charge in [-0.25, -0.2) is 8.78 Å². The first-order chi connectivity index (χ1) is 6.22. The van der Waals surface area contributed by atoms with Crippen LogP contribution in [0.5, 0.6) is 0 Å². The Balaban J connectivity index is 2.39. The Morgan fingerprint density at radius 3 is 2.85 bits per heavy atom. The van der Waals surface area contributed by atoms with Crippen LogP contribution >= 0.6 is 0 Å². The Hall–Kier alpha value is -1.24. The molecular formula is C6H10F2N4O. The molecular weight excluding hydrogens is 182 g/mol. The van der Waals surface area contributed by atoms with E-state index in [2.05, 4.69) is 15.5 Å². The number of anilines is 1. The van der Waals surface area contributed by atoms with Gasteiger partial charge in [0.25, 0.3) is 6.43 Å². The molecule has 1 aromatic rings. The molecule has 1 heterocycles. The first-order valence-electron chi connectivity index (χ1n) is 3.77. The summed E-state index contributed by atoms with van der Waals surface area (Å²) in [4.78, 5) is 0. The summed E-state index contributed by atoms with van der Waals surface area (Å²) in [5.41, 5.74) is 5.22. The molecule has 1 rings (SSSR count). The molecule has 0 aliphatic carbocycles. The number of nitrogens with two attached hydrogens (primary N) is 1. The molecule has 0 saturated carbocycles. The van der Waals surface area contributed by atoms with Gasteiger partial charge in [-0.2, -0.15) is 0 Å². The van der Waals surface area contributed by atoms with E-state index in [0.29, 0.717) is 18.9 Å². The quantitative estimate of drug-likeness (QED) is 0.699. The van der Waals surface area contributed by atoms with E-state index in [-0.39, 0.29) is 6.01 Å². The molecule has 0 saturated heterocycles. The van der Waals surface area contributed by atoms with Crippen molar-refractivity contribution in [2.45, 2.75) is 12.8 Å². The van der Waals surface area contributed by atoms with Gasteiger partial charge in [0.05, 0.1) is 6.54 Å². The Morgan fingerprint density at radius 1 is 1.46 bits per heavy atom. The molecule has 0 aliphatic rings. The normalized spacial score (nSPS) is 10.8. The van der Waals surface area contributed by atoms with Crippen LogP contribution in [0.15, 0.2) is 4.42 Å². The van der Waals surface area contributed by atoms with E-state index in [0.717, 1.165) is 0 Å². The summed E-state index contributed by atoms with van der Waals surface area (Å²) in [7, 11) is 0. The predicted molar refractivity (Wildman–Crippen MR) is 41.6 cm³/mol. The summed E-state index contributed by atoms with van der Waals surface area (Å²) in [6, 6.07) is 0.00347. The second-order valence-corrected chi connectivity index (χ2v) is 2.31. The van der Waals surface area contributed by atoms with Crippen molar-refractivity contribution in [3.8, 4) is 0 Å². The van der Waals surface area contributed by atoms with Crippen LogP contribution in [0.2, 0.25) is 0 Å². The molecule has 0 aliphatic heterocycles. The van der Waals surface area contributed by atoms with Gasteiger partial charge in [-0.3, -0.25) is 0 Å². The zero-order valence-electron chi connectivity index (χ0n) is 6.83. The van der Waals surface area contributed by atoms with Gasteiger partial charge in [0, 0.05) is 13.0 Å². The Morgan fingerprint density at radius 2 is 2.23 bits per heavy atom. The van der Waals surface area contributed by atoms with Gasteiger partial charge in [-0.05, 0) is 0 Å². The van der Waals surface area contributed by atoms with Crippen molar-refractivity contribution < 1.29 is 13.2 Å². The number of halogens is 2. The largest absolute Gasteiger partial charge is 0.408 e. The standard InChI is InChI=1S/C6H10F2N4O/c7-4(8)3-10-6-12-11-5(13-6)1-2-9/h4H,1-3,9H2,(H,10,12). The molecule has 0 atom stereocenters. The number of nitrogens with one attached hydrogen (secondary N) is 1. The van der Waals surface area contributed by atoms with Crippen LogP contribution in [0, 0.1) is 0 Å². The fourth-order valence-corrected chi connectivity index (χ4v) is 0.714. The van der Waals surface area contributed by atoms with Crippen LogP contribution in [0.25, 0.3) is 0 Å². The van der Waals surface area contributed by atoms with E-state index < -0.39 is 13.0 Å². The van der Waals surface area contributed by atoms with Gasteiger partial charge >= 0.3 is 6.01 Å². The predicted octanol–water partition coefficient (Wildman–Crippen LogP) is 0.248. The van der Waals surface area contributed by atoms with Gasteiger partial charge in [-0.15, -0.1) is 5.10 Å². The van der Waals surface area contributed by atoms with Gasteiger partial charge in [0.2, 0.25) is 5.89 Å². The maximum absolute atomic E-state index is 11.7. The fraction of sp³-hybridized carbons (Fsp3) is 0.667. The number of rotatable bonds is 5. The monoisotopic (exact) mass is 192 g/mol. The second kappa shape index (κ2) is 4.70. The molecule has 1 aromatic heterocycles. The van der Waals surface area contributed by atoms with Crippen molar-refractivity contribution in [2.24, 2.45) is 5.73 Å². The maximum atomic E-state index is 11.7. The average molecular weight is 192 g/mol. The minimum Gasteiger partial charge on any atom is -0.408 e. The summed E-state index contributed by atoms with van der Waals surface area (Å²) in [5, 5.41) is 9.36. The van der Waals surface area contributed by atoms with Gasteiger partial charge in [0.15, 0.2) is 0 Å². The lowest BCUT2D eigenvalue weighted by atomic mass is 10.4. The molecule has 0 unspecified atom stereocenters. The van der Waals surface area contributed by atoms with Gasteiger partial charge in [-0.1, -0.05) is 5.10 Å². The third kappa shape index (κ3) is 3.32. The molecule has 0 aromatic carbocycles. The van der Waals surface area contributed by atoms with Crippen LogP contribution in [0.1, 0.15) is 5.89 Å². The maximum Gasteiger partial charge on any atom is 0.315 e. The Labute approximate surface area is 73.3 Å². The smallest absolute Gasteiger partial charge is 0.315 e. The lowest BCUT2D eigenvalue weighted by molar-refractivity contribution is 0.162. The van der Waals surface area contributed by atoms with Crippen LogP contribution in [0.4, 0.5) is 14.8 Å². The van der Waals surface area contributed by atoms with E-state index in [1.54, 1.807) is 0 Å². The highest BCUT2D eigenvalue weighted by molar-refractivity contribution is 5.16. The van der Waals surface area contributed by atoms with Crippen molar-refractivity contribution in [3.63, 3.8) is 0 Å². The summed E-state index contributed by atoms with van der Waals surface area (Å²) in [6.45, 7) is -0.110. The number of hydrogen-bond donors (Lipinski definition) is 2. The highest BCUT2D eigenvalue weighted by Crippen LogP contribution is 2.05. The van der Waals surface area contributed by atoms with E-state index >= 15 is 0 Å². The summed E-state index contributed by atoms with van der Waals surface area (Å²) >= 11 is 0. The third-order valence-corrected chi connectivity index (χ3v) is 1.23. The molecule has 74 valence electrons. The average Bonchev–Trinajstić information content (AvgIpc) is 2.50. The number of alkyl halides is 2. The summed E-state index contributed by atoms with van der Waals surface area (Å²) < 4.78 is 28.3. The SMILES string of the molecule is NCCc1nnc(NCC(F)F)o1. The lowest BCUT2D eigenvalue weighted by Crippen LogP contribution is -2.10. The van der Waals surface area contributed by atoms with E-state index in [9.17, 15) is 8.78 Å². The van der Waals surface area contributed by atoms with Crippen LogP contribution in [0.3, 0.4) is 0 Å². The molecule has 0 fully saturated rings. The van der Waals surface area contributed by atoms with E-state index in [4.69, 9.17) is 10.2 Å². The molecule has 0 radical (unpaired) electrons. The molecule has 5 nitrogen and oxygen atoms in total. The van der Waals surface area contributed by atoms with Crippen LogP contribution in [-0.4, -0.2) is 29.7 Å². The zero-order valence-corrected chi connectivity index (χ0v) is 6.83. The van der Waals surface area contributed by atoms with Crippen molar-refractivity contribution in [1.29, 1.82) is 0 Å². The first-order valence-corrected chi connectivity index (χ1v) is 3.77. The van der Waals surface area contributed by atoms with Crippen LogP contribution in [-0.2, 0) is 6.42 Å². The summed E-state index contributed by atoms with van der Waals surface area (Å²) in [6.07, 6.45) is -1.99. The van der Waals surface area contributed by atoms with Crippen LogP contribution < -0.4 is 11.1 Å². The highest BCUT2D eigenvalue weighted by Gasteiger charge is 2.07. The molecule has 0 bridgehead atoms. The molecule has 0 spiro atoms. The zero-order chi connectivity index (χ0) is 9.68. The van der Waals surface area contributed by atoms with Crippen molar-refractivity contribution >= 4 is 6.01 Å². The van der Waals surface area contributed by atoms with Crippen molar-refractivity contribution in [2.75, 3.05) is 18.4 Å². The number of aromatic nitrogens is 2.